The van der Waals surface area contributed by atoms with Crippen molar-refractivity contribution in [1.82, 2.24) is 9.78 Å². The molecule has 0 spiro atoms. The average molecular weight is 314 g/mol. The van der Waals surface area contributed by atoms with Crippen molar-refractivity contribution in [3.8, 4) is 0 Å². The summed E-state index contributed by atoms with van der Waals surface area (Å²) in [4.78, 5) is 11.7. The van der Waals surface area contributed by atoms with Crippen LogP contribution in [0.15, 0.2) is 15.5 Å². The molecule has 0 aromatic carbocycles. The molecule has 0 amide bonds. The predicted molar refractivity (Wildman–Crippen MR) is 61.0 cm³/mol. The van der Waals surface area contributed by atoms with E-state index in [4.69, 9.17) is 0 Å². The molecule has 0 atom stereocenters. The highest BCUT2D eigenvalue weighted by Crippen LogP contribution is 2.19. The van der Waals surface area contributed by atoms with Crippen LogP contribution in [0.25, 0.3) is 0 Å². The Morgan fingerprint density at radius 2 is 2.12 bits per heavy atom. The van der Waals surface area contributed by atoms with E-state index >= 15 is 0 Å². The molecular weight excluding hydrogens is 303 g/mol. The summed E-state index contributed by atoms with van der Waals surface area (Å²) < 4.78 is 37.3. The third-order valence-electron chi connectivity index (χ3n) is 1.76. The lowest BCUT2D eigenvalue weighted by atomic mass is 10.3. The predicted octanol–water partition coefficient (Wildman–Crippen LogP) is 2.39. The number of nitrogens with zero attached hydrogens (tertiary/aromatic N) is 2. The van der Waals surface area contributed by atoms with Crippen LogP contribution >= 0.6 is 15.9 Å². The average Bonchev–Trinajstić information content (AvgIpc) is 2.15. The van der Waals surface area contributed by atoms with Crippen molar-refractivity contribution in [2.24, 2.45) is 0 Å². The number of hydrogen-bond donors (Lipinski definition) is 1. The van der Waals surface area contributed by atoms with Gasteiger partial charge in [0, 0.05) is 6.04 Å². The molecule has 0 fully saturated rings. The Morgan fingerprint density at radius 1 is 1.53 bits per heavy atom. The standard InChI is InChI=1S/C9H11BrF3N3O/c1-5(2)15-7-6(10)3-14-16(8(7)17)4-9(11,12)13/h3,5,15H,4H2,1-2H3. The van der Waals surface area contributed by atoms with E-state index in [0.29, 0.717) is 9.15 Å². The molecule has 0 aliphatic carbocycles. The quantitative estimate of drug-likeness (QED) is 0.932. The van der Waals surface area contributed by atoms with E-state index in [-0.39, 0.29) is 11.7 Å². The third kappa shape index (κ3) is 4.03. The Kier molecular flexibility index (Phi) is 4.18. The fourth-order valence-electron chi connectivity index (χ4n) is 1.17. The van der Waals surface area contributed by atoms with E-state index < -0.39 is 18.3 Å². The Balaban J connectivity index is 3.15. The van der Waals surface area contributed by atoms with Gasteiger partial charge >= 0.3 is 6.18 Å². The zero-order valence-corrected chi connectivity index (χ0v) is 10.8. The molecule has 17 heavy (non-hydrogen) atoms. The SMILES string of the molecule is CC(C)Nc1c(Br)cnn(CC(F)(F)F)c1=O. The van der Waals surface area contributed by atoms with Crippen molar-refractivity contribution in [3.63, 3.8) is 0 Å². The molecule has 1 N–H and O–H groups in total. The molecule has 0 aliphatic rings. The van der Waals surface area contributed by atoms with Crippen LogP contribution < -0.4 is 10.9 Å². The van der Waals surface area contributed by atoms with Crippen molar-refractivity contribution >= 4 is 21.6 Å². The molecule has 1 rings (SSSR count). The van der Waals surface area contributed by atoms with E-state index in [1.807, 2.05) is 0 Å². The number of aromatic nitrogens is 2. The number of halogens is 4. The lowest BCUT2D eigenvalue weighted by molar-refractivity contribution is -0.143. The first-order valence-electron chi connectivity index (χ1n) is 4.79. The smallest absolute Gasteiger partial charge is 0.377 e. The molecule has 4 nitrogen and oxygen atoms in total. The van der Waals surface area contributed by atoms with Gasteiger partial charge in [-0.3, -0.25) is 4.79 Å². The first-order valence-corrected chi connectivity index (χ1v) is 5.59. The molecule has 0 saturated carbocycles. The van der Waals surface area contributed by atoms with E-state index in [1.165, 1.54) is 0 Å². The highest BCUT2D eigenvalue weighted by atomic mass is 79.9. The van der Waals surface area contributed by atoms with Gasteiger partial charge in [0.05, 0.1) is 10.7 Å². The van der Waals surface area contributed by atoms with Gasteiger partial charge in [-0.05, 0) is 29.8 Å². The maximum atomic E-state index is 12.2. The molecule has 96 valence electrons. The van der Waals surface area contributed by atoms with Crippen molar-refractivity contribution < 1.29 is 13.2 Å². The van der Waals surface area contributed by atoms with Gasteiger partial charge in [-0.1, -0.05) is 0 Å². The molecule has 0 bridgehead atoms. The largest absolute Gasteiger partial charge is 0.408 e. The van der Waals surface area contributed by atoms with Gasteiger partial charge in [-0.2, -0.15) is 18.3 Å². The Labute approximate surface area is 104 Å². The van der Waals surface area contributed by atoms with Gasteiger partial charge in [-0.25, -0.2) is 4.68 Å². The van der Waals surface area contributed by atoms with Crippen LogP contribution in [0.5, 0.6) is 0 Å². The molecule has 1 aromatic heterocycles. The van der Waals surface area contributed by atoms with E-state index in [9.17, 15) is 18.0 Å². The van der Waals surface area contributed by atoms with Crippen molar-refractivity contribution in [3.05, 3.63) is 21.0 Å². The number of hydrogen-bond acceptors (Lipinski definition) is 3. The Bertz CT molecular complexity index is 456. The molecule has 8 heteroatoms. The van der Waals surface area contributed by atoms with Crippen LogP contribution in [0.4, 0.5) is 18.9 Å². The second kappa shape index (κ2) is 5.07. The number of alkyl halides is 3. The maximum Gasteiger partial charge on any atom is 0.408 e. The highest BCUT2D eigenvalue weighted by Gasteiger charge is 2.29. The minimum absolute atomic E-state index is 0.0688. The second-order valence-corrected chi connectivity index (χ2v) is 4.60. The van der Waals surface area contributed by atoms with E-state index in [0.717, 1.165) is 6.20 Å². The van der Waals surface area contributed by atoms with E-state index in [2.05, 4.69) is 26.3 Å². The van der Waals surface area contributed by atoms with Crippen LogP contribution in [0.3, 0.4) is 0 Å². The van der Waals surface area contributed by atoms with Crippen LogP contribution in [-0.4, -0.2) is 22.0 Å². The molecule has 0 unspecified atom stereocenters. The summed E-state index contributed by atoms with van der Waals surface area (Å²) >= 11 is 3.07. The monoisotopic (exact) mass is 313 g/mol. The minimum Gasteiger partial charge on any atom is -0.377 e. The lowest BCUT2D eigenvalue weighted by Gasteiger charge is -2.13. The first-order chi connectivity index (χ1) is 7.70. The summed E-state index contributed by atoms with van der Waals surface area (Å²) in [5.41, 5.74) is -0.718. The molecule has 0 saturated heterocycles. The third-order valence-corrected chi connectivity index (χ3v) is 2.36. The normalized spacial score (nSPS) is 11.9. The van der Waals surface area contributed by atoms with Crippen LogP contribution in [-0.2, 0) is 6.54 Å². The first kappa shape index (κ1) is 14.0. The summed E-state index contributed by atoms with van der Waals surface area (Å²) in [5, 5.41) is 6.21. The molecule has 1 heterocycles. The summed E-state index contributed by atoms with van der Waals surface area (Å²) in [6.45, 7) is 2.16. The maximum absolute atomic E-state index is 12.2. The highest BCUT2D eigenvalue weighted by molar-refractivity contribution is 9.10. The molecule has 0 aliphatic heterocycles. The summed E-state index contributed by atoms with van der Waals surface area (Å²) in [5.74, 6) is 0. The minimum atomic E-state index is -4.47. The van der Waals surface area contributed by atoms with Crippen LogP contribution in [0.2, 0.25) is 0 Å². The number of nitrogens with one attached hydrogen (secondary N) is 1. The Morgan fingerprint density at radius 3 is 2.59 bits per heavy atom. The van der Waals surface area contributed by atoms with E-state index in [1.54, 1.807) is 13.8 Å². The Hall–Kier alpha value is -1.05. The zero-order valence-electron chi connectivity index (χ0n) is 9.18. The lowest BCUT2D eigenvalue weighted by Crippen LogP contribution is -2.32. The summed E-state index contributed by atoms with van der Waals surface area (Å²) in [7, 11) is 0. The zero-order chi connectivity index (χ0) is 13.2. The van der Waals surface area contributed by atoms with Crippen LogP contribution in [0.1, 0.15) is 13.8 Å². The van der Waals surface area contributed by atoms with Gasteiger partial charge in [0.2, 0.25) is 0 Å². The molecule has 1 aromatic rings. The van der Waals surface area contributed by atoms with Gasteiger partial charge < -0.3 is 5.32 Å². The van der Waals surface area contributed by atoms with Crippen molar-refractivity contribution in [2.75, 3.05) is 5.32 Å². The summed E-state index contributed by atoms with van der Waals surface area (Å²) in [6, 6.07) is -0.0688. The molecular formula is C9H11BrF3N3O. The second-order valence-electron chi connectivity index (χ2n) is 3.74. The fraction of sp³-hybridized carbons (Fsp3) is 0.556. The van der Waals surface area contributed by atoms with Gasteiger partial charge in [0.1, 0.15) is 12.2 Å². The van der Waals surface area contributed by atoms with Crippen molar-refractivity contribution in [1.29, 1.82) is 0 Å². The number of rotatable bonds is 3. The topological polar surface area (TPSA) is 46.9 Å². The fourth-order valence-corrected chi connectivity index (χ4v) is 1.55. The summed E-state index contributed by atoms with van der Waals surface area (Å²) in [6.07, 6.45) is -3.31. The molecule has 0 radical (unpaired) electrons. The van der Waals surface area contributed by atoms with Gasteiger partial charge in [0.25, 0.3) is 5.56 Å². The van der Waals surface area contributed by atoms with Crippen LogP contribution in [0, 0.1) is 0 Å². The van der Waals surface area contributed by atoms with Crippen molar-refractivity contribution in [2.45, 2.75) is 32.6 Å². The number of anilines is 1. The van der Waals surface area contributed by atoms with Gasteiger partial charge in [-0.15, -0.1) is 0 Å². The van der Waals surface area contributed by atoms with Gasteiger partial charge in [0.15, 0.2) is 0 Å².